The van der Waals surface area contributed by atoms with Crippen molar-refractivity contribution in [2.24, 2.45) is 0 Å². The summed E-state index contributed by atoms with van der Waals surface area (Å²) in [5.41, 5.74) is 3.41. The van der Waals surface area contributed by atoms with Crippen LogP contribution in [-0.2, 0) is 15.6 Å². The fraction of sp³-hybridized carbons (Fsp3) is 0.360. The van der Waals surface area contributed by atoms with Crippen LogP contribution in [-0.4, -0.2) is 30.5 Å². The standard InChI is InChI=1S/C25H28FN3O3S/c1-5-13-32-20-10-12-22(28-15-20)24(17-7-8-17)29-19-9-11-21(26)18(14-19)16-33(30,31)25(3,4)23(27)6-2/h1,9-12,14-15,27,29H,6-8,13,16H2,2-4H3. The van der Waals surface area contributed by atoms with E-state index >= 15 is 0 Å². The molecule has 0 spiro atoms. The number of aromatic nitrogens is 1. The molecule has 174 valence electrons. The minimum atomic E-state index is -3.81. The van der Waals surface area contributed by atoms with Crippen molar-refractivity contribution in [3.63, 3.8) is 0 Å². The lowest BCUT2D eigenvalue weighted by Gasteiger charge is -2.25. The number of anilines is 1. The van der Waals surface area contributed by atoms with E-state index in [0.29, 0.717) is 23.6 Å². The van der Waals surface area contributed by atoms with Crippen LogP contribution in [0.1, 0.15) is 51.3 Å². The van der Waals surface area contributed by atoms with Crippen LogP contribution in [0.4, 0.5) is 10.1 Å². The number of rotatable bonds is 10. The number of ether oxygens (including phenoxy) is 1. The predicted molar refractivity (Wildman–Crippen MR) is 129 cm³/mol. The van der Waals surface area contributed by atoms with Gasteiger partial charge in [-0.25, -0.2) is 12.8 Å². The maximum Gasteiger partial charge on any atom is 0.165 e. The zero-order chi connectivity index (χ0) is 24.2. The lowest BCUT2D eigenvalue weighted by molar-refractivity contribution is 0.369. The third-order valence-electron chi connectivity index (χ3n) is 5.69. The van der Waals surface area contributed by atoms with E-state index in [1.165, 1.54) is 31.6 Å². The van der Waals surface area contributed by atoms with Gasteiger partial charge in [-0.15, -0.1) is 6.42 Å². The number of terminal acetylenes is 1. The van der Waals surface area contributed by atoms with E-state index in [9.17, 15) is 12.8 Å². The summed E-state index contributed by atoms with van der Waals surface area (Å²) in [4.78, 5) is 4.44. The summed E-state index contributed by atoms with van der Waals surface area (Å²) >= 11 is 0. The van der Waals surface area contributed by atoms with Crippen LogP contribution in [0.3, 0.4) is 0 Å². The normalized spacial score (nSPS) is 13.2. The molecule has 1 fully saturated rings. The molecule has 8 heteroatoms. The number of allylic oxidation sites excluding steroid dienone is 1. The van der Waals surface area contributed by atoms with Crippen LogP contribution in [0.2, 0.25) is 0 Å². The van der Waals surface area contributed by atoms with Gasteiger partial charge < -0.3 is 15.5 Å². The van der Waals surface area contributed by atoms with Crippen molar-refractivity contribution in [1.82, 2.24) is 4.98 Å². The summed E-state index contributed by atoms with van der Waals surface area (Å²) in [6.07, 6.45) is 8.96. The van der Waals surface area contributed by atoms with Crippen LogP contribution in [0.25, 0.3) is 5.70 Å². The van der Waals surface area contributed by atoms with E-state index < -0.39 is 26.2 Å². The SMILES string of the molecule is C#CCOc1ccc(C(Nc2ccc(F)c(CS(=O)(=O)C(C)(C)C(=N)CC)c2)=C2CC2)nc1. The lowest BCUT2D eigenvalue weighted by atomic mass is 10.1. The molecule has 0 saturated heterocycles. The Hall–Kier alpha value is -3.18. The summed E-state index contributed by atoms with van der Waals surface area (Å²) in [6.45, 7) is 4.88. The number of hydrogen-bond acceptors (Lipinski definition) is 6. The number of pyridine rings is 1. The molecule has 3 rings (SSSR count). The molecule has 1 aromatic heterocycles. The van der Waals surface area contributed by atoms with Gasteiger partial charge in [-0.05, 0) is 69.0 Å². The first-order valence-electron chi connectivity index (χ1n) is 10.7. The summed E-state index contributed by atoms with van der Waals surface area (Å²) < 4.78 is 44.5. The van der Waals surface area contributed by atoms with Gasteiger partial charge in [0.05, 0.1) is 23.3 Å². The first-order chi connectivity index (χ1) is 15.6. The minimum absolute atomic E-state index is 0.0584. The van der Waals surface area contributed by atoms with E-state index in [1.807, 2.05) is 6.07 Å². The number of halogens is 1. The lowest BCUT2D eigenvalue weighted by Crippen LogP contribution is -2.40. The highest BCUT2D eigenvalue weighted by molar-refractivity contribution is 7.92. The maximum atomic E-state index is 14.6. The topological polar surface area (TPSA) is 92.1 Å². The Kier molecular flexibility index (Phi) is 7.23. The van der Waals surface area contributed by atoms with E-state index in [0.717, 1.165) is 18.5 Å². The Morgan fingerprint density at radius 3 is 2.61 bits per heavy atom. The molecule has 2 N–H and O–H groups in total. The largest absolute Gasteiger partial charge is 0.479 e. The Morgan fingerprint density at radius 2 is 2.03 bits per heavy atom. The highest BCUT2D eigenvalue weighted by atomic mass is 32.2. The second-order valence-corrected chi connectivity index (χ2v) is 10.9. The zero-order valence-electron chi connectivity index (χ0n) is 19.0. The van der Waals surface area contributed by atoms with Crippen LogP contribution >= 0.6 is 0 Å². The Labute approximate surface area is 194 Å². The average Bonchev–Trinajstić information content (AvgIpc) is 3.63. The first-order valence-corrected chi connectivity index (χ1v) is 12.3. The molecule has 1 heterocycles. The van der Waals surface area contributed by atoms with Crippen molar-refractivity contribution < 1.29 is 17.5 Å². The molecule has 1 saturated carbocycles. The zero-order valence-corrected chi connectivity index (χ0v) is 19.9. The summed E-state index contributed by atoms with van der Waals surface area (Å²) in [7, 11) is -3.81. The third kappa shape index (κ3) is 5.60. The van der Waals surface area contributed by atoms with Crippen molar-refractivity contribution in [2.45, 2.75) is 50.5 Å². The van der Waals surface area contributed by atoms with Gasteiger partial charge in [0.2, 0.25) is 0 Å². The fourth-order valence-electron chi connectivity index (χ4n) is 3.29. The van der Waals surface area contributed by atoms with E-state index in [-0.39, 0.29) is 17.9 Å². The van der Waals surface area contributed by atoms with Crippen LogP contribution in [0.5, 0.6) is 5.75 Å². The fourth-order valence-corrected chi connectivity index (χ4v) is 4.80. The van der Waals surface area contributed by atoms with Crippen LogP contribution < -0.4 is 10.1 Å². The van der Waals surface area contributed by atoms with Crippen molar-refractivity contribution in [3.8, 4) is 18.1 Å². The highest BCUT2D eigenvalue weighted by Gasteiger charge is 2.38. The molecule has 0 amide bonds. The van der Waals surface area contributed by atoms with E-state index in [2.05, 4.69) is 16.2 Å². The van der Waals surface area contributed by atoms with Crippen molar-refractivity contribution >= 4 is 26.9 Å². The molecule has 2 aromatic rings. The molecule has 0 bridgehead atoms. The molecule has 1 aliphatic carbocycles. The maximum absolute atomic E-state index is 14.6. The Morgan fingerprint density at radius 1 is 1.30 bits per heavy atom. The monoisotopic (exact) mass is 469 g/mol. The first kappa shape index (κ1) is 24.5. The van der Waals surface area contributed by atoms with Gasteiger partial charge in [0.25, 0.3) is 0 Å². The molecule has 1 aromatic carbocycles. The number of nitrogens with zero attached hydrogens (tertiary/aromatic N) is 1. The number of hydrogen-bond donors (Lipinski definition) is 2. The molecule has 6 nitrogen and oxygen atoms in total. The van der Waals surface area contributed by atoms with Crippen molar-refractivity contribution in [3.05, 3.63) is 59.2 Å². The number of nitrogens with one attached hydrogen (secondary N) is 2. The van der Waals surface area contributed by atoms with Gasteiger partial charge in [0.1, 0.15) is 22.9 Å². The van der Waals surface area contributed by atoms with Gasteiger partial charge in [-0.1, -0.05) is 12.8 Å². The molecule has 0 unspecified atom stereocenters. The van der Waals surface area contributed by atoms with Gasteiger partial charge in [-0.2, -0.15) is 0 Å². The van der Waals surface area contributed by atoms with Gasteiger partial charge >= 0.3 is 0 Å². The predicted octanol–water partition coefficient (Wildman–Crippen LogP) is 4.97. The van der Waals surface area contributed by atoms with Crippen molar-refractivity contribution in [1.29, 1.82) is 5.41 Å². The number of benzene rings is 1. The smallest absolute Gasteiger partial charge is 0.165 e. The minimum Gasteiger partial charge on any atom is -0.479 e. The van der Waals surface area contributed by atoms with E-state index in [1.54, 1.807) is 25.3 Å². The second-order valence-electron chi connectivity index (χ2n) is 8.38. The van der Waals surface area contributed by atoms with Gasteiger partial charge in [-0.3, -0.25) is 4.98 Å². The van der Waals surface area contributed by atoms with Crippen molar-refractivity contribution in [2.75, 3.05) is 11.9 Å². The highest BCUT2D eigenvalue weighted by Crippen LogP contribution is 2.37. The second kappa shape index (κ2) is 9.75. The Balaban J connectivity index is 1.85. The van der Waals surface area contributed by atoms with Gasteiger partial charge in [0.15, 0.2) is 9.84 Å². The summed E-state index contributed by atoms with van der Waals surface area (Å²) in [6, 6.07) is 7.92. The molecule has 0 atom stereocenters. The molecular formula is C25H28FN3O3S. The molecular weight excluding hydrogens is 441 g/mol. The van der Waals surface area contributed by atoms with Crippen LogP contribution in [0, 0.1) is 23.6 Å². The van der Waals surface area contributed by atoms with Gasteiger partial charge in [0, 0.05) is 17.0 Å². The third-order valence-corrected chi connectivity index (χ3v) is 8.18. The van der Waals surface area contributed by atoms with Crippen LogP contribution in [0.15, 0.2) is 42.1 Å². The number of sulfone groups is 1. The molecule has 0 radical (unpaired) electrons. The summed E-state index contributed by atoms with van der Waals surface area (Å²) in [5, 5.41) is 11.3. The molecule has 0 aliphatic heterocycles. The molecule has 1 aliphatic rings. The quantitative estimate of drug-likeness (QED) is 0.378. The molecule has 33 heavy (non-hydrogen) atoms. The average molecular weight is 470 g/mol. The summed E-state index contributed by atoms with van der Waals surface area (Å²) in [5.74, 6) is 1.87. The van der Waals surface area contributed by atoms with E-state index in [4.69, 9.17) is 16.6 Å². The Bertz CT molecular complexity index is 1220.